The average Bonchev–Trinajstić information content (AvgIpc) is 2.93. The maximum Gasteiger partial charge on any atom is 0.321 e. The van der Waals surface area contributed by atoms with Crippen LogP contribution in [-0.2, 0) is 4.79 Å². The molecular weight excluding hydrogens is 256 g/mol. The third-order valence-electron chi connectivity index (χ3n) is 4.16. The summed E-state index contributed by atoms with van der Waals surface area (Å²) in [4.78, 5) is 25.5. The predicted molar refractivity (Wildman–Crippen MR) is 77.5 cm³/mol. The van der Waals surface area contributed by atoms with Crippen molar-refractivity contribution in [1.82, 2.24) is 20.9 Å². The van der Waals surface area contributed by atoms with E-state index in [2.05, 4.69) is 20.9 Å². The van der Waals surface area contributed by atoms with E-state index in [0.717, 1.165) is 25.9 Å². The summed E-state index contributed by atoms with van der Waals surface area (Å²) in [6, 6.07) is 0.545. The Morgan fingerprint density at radius 2 is 2.10 bits per heavy atom. The molecule has 2 aliphatic heterocycles. The van der Waals surface area contributed by atoms with Gasteiger partial charge in [0.1, 0.15) is 0 Å². The molecule has 0 spiro atoms. The molecule has 3 amide bonds. The van der Waals surface area contributed by atoms with E-state index in [9.17, 15) is 9.59 Å². The van der Waals surface area contributed by atoms with Crippen molar-refractivity contribution in [3.63, 3.8) is 0 Å². The van der Waals surface area contributed by atoms with E-state index in [1.165, 1.54) is 19.3 Å². The Bertz CT molecular complexity index is 342. The van der Waals surface area contributed by atoms with Gasteiger partial charge in [0.25, 0.3) is 0 Å². The first-order chi connectivity index (χ1) is 9.70. The number of nitrogens with one attached hydrogen (secondary N) is 3. The lowest BCUT2D eigenvalue weighted by atomic mass is 9.94. The molecule has 0 aliphatic carbocycles. The third kappa shape index (κ3) is 4.18. The van der Waals surface area contributed by atoms with Crippen LogP contribution in [0.4, 0.5) is 4.79 Å². The van der Waals surface area contributed by atoms with Crippen LogP contribution >= 0.6 is 0 Å². The summed E-state index contributed by atoms with van der Waals surface area (Å²) in [5.74, 6) is -0.208. The number of likely N-dealkylation sites (tertiary alicyclic amines) is 1. The average molecular weight is 282 g/mol. The summed E-state index contributed by atoms with van der Waals surface area (Å²) in [6.07, 6.45) is 5.93. The van der Waals surface area contributed by atoms with Gasteiger partial charge in [0, 0.05) is 18.6 Å². The van der Waals surface area contributed by atoms with E-state index in [-0.39, 0.29) is 5.91 Å². The number of imide groups is 1. The van der Waals surface area contributed by atoms with Gasteiger partial charge in [-0.1, -0.05) is 6.42 Å². The van der Waals surface area contributed by atoms with Gasteiger partial charge in [-0.3, -0.25) is 15.0 Å². The number of hydrogen-bond acceptors (Lipinski definition) is 4. The molecule has 114 valence electrons. The highest BCUT2D eigenvalue weighted by Gasteiger charge is 2.32. The van der Waals surface area contributed by atoms with Gasteiger partial charge in [0.2, 0.25) is 5.91 Å². The smallest absolute Gasteiger partial charge is 0.321 e. The molecule has 2 aliphatic rings. The largest absolute Gasteiger partial charge is 0.338 e. The van der Waals surface area contributed by atoms with Gasteiger partial charge in [-0.25, -0.2) is 4.79 Å². The summed E-state index contributed by atoms with van der Waals surface area (Å²) >= 11 is 0. The normalized spacial score (nSPS) is 27.2. The van der Waals surface area contributed by atoms with E-state index < -0.39 is 6.03 Å². The lowest BCUT2D eigenvalue weighted by Gasteiger charge is -2.38. The van der Waals surface area contributed by atoms with Crippen LogP contribution in [0.1, 0.15) is 39.0 Å². The van der Waals surface area contributed by atoms with Crippen LogP contribution in [0, 0.1) is 0 Å². The van der Waals surface area contributed by atoms with Crippen molar-refractivity contribution in [2.75, 3.05) is 26.2 Å². The molecule has 20 heavy (non-hydrogen) atoms. The molecule has 2 fully saturated rings. The van der Waals surface area contributed by atoms with Gasteiger partial charge in [-0.2, -0.15) is 0 Å². The van der Waals surface area contributed by atoms with E-state index in [1.807, 2.05) is 6.92 Å². The molecule has 0 radical (unpaired) electrons. The zero-order valence-corrected chi connectivity index (χ0v) is 12.3. The van der Waals surface area contributed by atoms with E-state index in [0.29, 0.717) is 25.2 Å². The molecule has 0 aromatic rings. The van der Waals surface area contributed by atoms with Gasteiger partial charge in [-0.15, -0.1) is 0 Å². The van der Waals surface area contributed by atoms with Crippen LogP contribution in [-0.4, -0.2) is 55.1 Å². The minimum Gasteiger partial charge on any atom is -0.338 e. The molecule has 2 unspecified atom stereocenters. The Morgan fingerprint density at radius 3 is 2.80 bits per heavy atom. The molecule has 2 atom stereocenters. The maximum atomic E-state index is 11.9. The number of amides is 3. The minimum absolute atomic E-state index is 0.208. The lowest BCUT2D eigenvalue weighted by molar-refractivity contribution is -0.122. The van der Waals surface area contributed by atoms with Gasteiger partial charge >= 0.3 is 6.03 Å². The number of carbonyl (C=O) groups excluding carboxylic acids is 2. The van der Waals surface area contributed by atoms with Gasteiger partial charge in [0.05, 0.1) is 6.54 Å². The molecule has 0 bridgehead atoms. The van der Waals surface area contributed by atoms with Crippen molar-refractivity contribution < 1.29 is 9.59 Å². The van der Waals surface area contributed by atoms with Crippen LogP contribution in [0.3, 0.4) is 0 Å². The highest BCUT2D eigenvalue weighted by molar-refractivity contribution is 5.95. The summed E-state index contributed by atoms with van der Waals surface area (Å²) in [5, 5.41) is 8.50. The Kier molecular flexibility index (Phi) is 5.79. The van der Waals surface area contributed by atoms with Gasteiger partial charge in [0.15, 0.2) is 0 Å². The second-order valence-corrected chi connectivity index (χ2v) is 5.64. The first-order valence-corrected chi connectivity index (χ1v) is 7.76. The van der Waals surface area contributed by atoms with Crippen LogP contribution in [0.2, 0.25) is 0 Å². The molecule has 0 aromatic carbocycles. The zero-order chi connectivity index (χ0) is 14.4. The Hall–Kier alpha value is -1.14. The van der Waals surface area contributed by atoms with Crippen molar-refractivity contribution in [1.29, 1.82) is 0 Å². The molecule has 6 nitrogen and oxygen atoms in total. The van der Waals surface area contributed by atoms with Crippen LogP contribution in [0.5, 0.6) is 0 Å². The highest BCUT2D eigenvalue weighted by atomic mass is 16.2. The fourth-order valence-corrected chi connectivity index (χ4v) is 3.26. The minimum atomic E-state index is -0.398. The number of nitrogens with zero attached hydrogens (tertiary/aromatic N) is 1. The number of piperidine rings is 1. The van der Waals surface area contributed by atoms with E-state index in [4.69, 9.17) is 0 Å². The topological polar surface area (TPSA) is 73.5 Å². The summed E-state index contributed by atoms with van der Waals surface area (Å²) in [6.45, 7) is 4.71. The summed E-state index contributed by atoms with van der Waals surface area (Å²) in [7, 11) is 0. The fraction of sp³-hybridized carbons (Fsp3) is 0.857. The second kappa shape index (κ2) is 7.59. The fourth-order valence-electron chi connectivity index (χ4n) is 3.26. The van der Waals surface area contributed by atoms with E-state index in [1.54, 1.807) is 0 Å². The zero-order valence-electron chi connectivity index (χ0n) is 12.3. The second-order valence-electron chi connectivity index (χ2n) is 5.64. The Labute approximate surface area is 120 Å². The van der Waals surface area contributed by atoms with Gasteiger partial charge < -0.3 is 10.6 Å². The SMILES string of the molecule is CCNC(=O)NC(=O)CN1CCCCC1C1CCCN1. The number of rotatable bonds is 4. The molecule has 6 heteroatoms. The molecule has 2 heterocycles. The standard InChI is InChI=1S/C14H26N4O2/c1-2-15-14(20)17-13(19)10-18-9-4-3-7-12(18)11-6-5-8-16-11/h11-12,16H,2-10H2,1H3,(H2,15,17,19,20). The van der Waals surface area contributed by atoms with Gasteiger partial charge in [-0.05, 0) is 45.7 Å². The number of carbonyl (C=O) groups is 2. The predicted octanol–water partition coefficient (Wildman–Crippen LogP) is 0.439. The van der Waals surface area contributed by atoms with Crippen molar-refractivity contribution in [2.24, 2.45) is 0 Å². The summed E-state index contributed by atoms with van der Waals surface area (Å²) in [5.41, 5.74) is 0. The highest BCUT2D eigenvalue weighted by Crippen LogP contribution is 2.23. The molecular formula is C14H26N4O2. The summed E-state index contributed by atoms with van der Waals surface area (Å²) < 4.78 is 0. The van der Waals surface area contributed by atoms with Crippen LogP contribution in [0.25, 0.3) is 0 Å². The monoisotopic (exact) mass is 282 g/mol. The lowest BCUT2D eigenvalue weighted by Crippen LogP contribution is -2.54. The molecule has 2 saturated heterocycles. The quantitative estimate of drug-likeness (QED) is 0.699. The van der Waals surface area contributed by atoms with Crippen LogP contribution in [0.15, 0.2) is 0 Å². The van der Waals surface area contributed by atoms with Crippen LogP contribution < -0.4 is 16.0 Å². The van der Waals surface area contributed by atoms with Crippen molar-refractivity contribution >= 4 is 11.9 Å². The third-order valence-corrected chi connectivity index (χ3v) is 4.16. The maximum absolute atomic E-state index is 11.9. The molecule has 0 saturated carbocycles. The molecule has 0 aromatic heterocycles. The number of urea groups is 1. The van der Waals surface area contributed by atoms with E-state index >= 15 is 0 Å². The Balaban J connectivity index is 1.84. The molecule has 2 rings (SSSR count). The Morgan fingerprint density at radius 1 is 1.25 bits per heavy atom. The van der Waals surface area contributed by atoms with Crippen molar-refractivity contribution in [3.8, 4) is 0 Å². The first-order valence-electron chi connectivity index (χ1n) is 7.76. The number of hydrogen-bond donors (Lipinski definition) is 3. The van der Waals surface area contributed by atoms with Crippen molar-refractivity contribution in [3.05, 3.63) is 0 Å². The molecule has 3 N–H and O–H groups in total. The van der Waals surface area contributed by atoms with Crippen molar-refractivity contribution in [2.45, 2.75) is 51.1 Å². The first kappa shape index (κ1) is 15.3.